The predicted octanol–water partition coefficient (Wildman–Crippen LogP) is 3.59. The largest absolute Gasteiger partial charge is 0.0871 e. The Morgan fingerprint density at radius 1 is 1.33 bits per heavy atom. The Kier molecular flexibility index (Phi) is 3.09. The Hall–Kier alpha value is -1.04. The number of hydrogen-bond donors (Lipinski definition) is 0. The standard InChI is InChI=1S/C12H16/c1-4-6-12-9-10(3)7-8-11(12)5-2/h4,6-9H,5H2,1-3H3/b6-4-. The fraction of sp³-hybridized carbons (Fsp3) is 0.333. The zero-order chi connectivity index (χ0) is 8.97. The molecular weight excluding hydrogens is 144 g/mol. The van der Waals surface area contributed by atoms with E-state index in [9.17, 15) is 0 Å². The fourth-order valence-electron chi connectivity index (χ4n) is 1.37. The number of aryl methyl sites for hydroxylation is 2. The van der Waals surface area contributed by atoms with Crippen LogP contribution in [0.3, 0.4) is 0 Å². The summed E-state index contributed by atoms with van der Waals surface area (Å²) in [5, 5.41) is 0. The van der Waals surface area contributed by atoms with Crippen molar-refractivity contribution >= 4 is 6.08 Å². The van der Waals surface area contributed by atoms with Crippen molar-refractivity contribution < 1.29 is 0 Å². The van der Waals surface area contributed by atoms with Crippen LogP contribution in [0.2, 0.25) is 0 Å². The lowest BCUT2D eigenvalue weighted by Crippen LogP contribution is -1.86. The van der Waals surface area contributed by atoms with E-state index in [1.807, 2.05) is 0 Å². The third-order valence-electron chi connectivity index (χ3n) is 2.03. The molecule has 0 fully saturated rings. The normalized spacial score (nSPS) is 10.9. The summed E-state index contributed by atoms with van der Waals surface area (Å²) in [4.78, 5) is 0. The first-order valence-electron chi connectivity index (χ1n) is 4.50. The molecule has 0 atom stereocenters. The highest BCUT2D eigenvalue weighted by molar-refractivity contribution is 5.54. The third-order valence-corrected chi connectivity index (χ3v) is 2.03. The van der Waals surface area contributed by atoms with Crippen LogP contribution >= 0.6 is 0 Å². The van der Waals surface area contributed by atoms with Crippen LogP contribution in [0, 0.1) is 6.92 Å². The molecule has 64 valence electrons. The number of hydrogen-bond acceptors (Lipinski definition) is 0. The number of benzene rings is 1. The Morgan fingerprint density at radius 2 is 2.08 bits per heavy atom. The highest BCUT2D eigenvalue weighted by atomic mass is 14.0. The summed E-state index contributed by atoms with van der Waals surface area (Å²) in [6, 6.07) is 6.62. The van der Waals surface area contributed by atoms with E-state index in [1.54, 1.807) is 0 Å². The van der Waals surface area contributed by atoms with Crippen LogP contribution in [0.4, 0.5) is 0 Å². The van der Waals surface area contributed by atoms with E-state index in [4.69, 9.17) is 0 Å². The predicted molar refractivity (Wildman–Crippen MR) is 55.3 cm³/mol. The maximum atomic E-state index is 2.23. The van der Waals surface area contributed by atoms with Crippen molar-refractivity contribution in [3.05, 3.63) is 41.0 Å². The molecule has 1 aromatic carbocycles. The van der Waals surface area contributed by atoms with Gasteiger partial charge in [0.05, 0.1) is 0 Å². The molecule has 0 amide bonds. The zero-order valence-corrected chi connectivity index (χ0v) is 8.09. The fourth-order valence-corrected chi connectivity index (χ4v) is 1.37. The van der Waals surface area contributed by atoms with Gasteiger partial charge in [-0.05, 0) is 31.4 Å². The lowest BCUT2D eigenvalue weighted by molar-refractivity contribution is 1.13. The van der Waals surface area contributed by atoms with Gasteiger partial charge in [0.2, 0.25) is 0 Å². The van der Waals surface area contributed by atoms with Crippen molar-refractivity contribution in [2.45, 2.75) is 27.2 Å². The highest BCUT2D eigenvalue weighted by Crippen LogP contribution is 2.13. The molecule has 0 heterocycles. The highest BCUT2D eigenvalue weighted by Gasteiger charge is 1.95. The Labute approximate surface area is 74.9 Å². The van der Waals surface area contributed by atoms with Crippen LogP contribution < -0.4 is 0 Å². The van der Waals surface area contributed by atoms with E-state index in [0.717, 1.165) is 6.42 Å². The van der Waals surface area contributed by atoms with Crippen LogP contribution in [0.15, 0.2) is 24.3 Å². The summed E-state index contributed by atoms with van der Waals surface area (Å²) in [6.45, 7) is 6.38. The number of rotatable bonds is 2. The van der Waals surface area contributed by atoms with Gasteiger partial charge in [0, 0.05) is 0 Å². The number of allylic oxidation sites excluding steroid dienone is 1. The van der Waals surface area contributed by atoms with Crippen LogP contribution in [0.25, 0.3) is 6.08 Å². The molecule has 0 aliphatic rings. The minimum Gasteiger partial charge on any atom is -0.0871 e. The molecule has 0 unspecified atom stereocenters. The van der Waals surface area contributed by atoms with Gasteiger partial charge < -0.3 is 0 Å². The SMILES string of the molecule is C/C=C\c1cc(C)ccc1CC. The summed E-state index contributed by atoms with van der Waals surface area (Å²) in [5.41, 5.74) is 4.12. The summed E-state index contributed by atoms with van der Waals surface area (Å²) in [7, 11) is 0. The molecule has 0 heteroatoms. The molecule has 0 aliphatic heterocycles. The second kappa shape index (κ2) is 4.10. The first-order valence-corrected chi connectivity index (χ1v) is 4.50. The molecule has 12 heavy (non-hydrogen) atoms. The summed E-state index contributed by atoms with van der Waals surface area (Å²) in [6.07, 6.45) is 5.37. The molecule has 0 saturated carbocycles. The molecule has 0 N–H and O–H groups in total. The first kappa shape index (κ1) is 9.05. The van der Waals surface area contributed by atoms with E-state index in [-0.39, 0.29) is 0 Å². The zero-order valence-electron chi connectivity index (χ0n) is 8.09. The maximum Gasteiger partial charge on any atom is -0.0225 e. The lowest BCUT2D eigenvalue weighted by atomic mass is 10.0. The van der Waals surface area contributed by atoms with E-state index < -0.39 is 0 Å². The Balaban J connectivity index is 3.12. The molecule has 0 spiro atoms. The van der Waals surface area contributed by atoms with Crippen molar-refractivity contribution in [3.63, 3.8) is 0 Å². The van der Waals surface area contributed by atoms with E-state index in [2.05, 4.69) is 51.1 Å². The van der Waals surface area contributed by atoms with Gasteiger partial charge in [-0.15, -0.1) is 0 Å². The van der Waals surface area contributed by atoms with E-state index in [0.29, 0.717) is 0 Å². The first-order chi connectivity index (χ1) is 5.77. The molecule has 0 aromatic heterocycles. The Bertz CT molecular complexity index is 282. The molecule has 0 bridgehead atoms. The monoisotopic (exact) mass is 160 g/mol. The molecule has 0 saturated heterocycles. The van der Waals surface area contributed by atoms with Gasteiger partial charge in [-0.25, -0.2) is 0 Å². The van der Waals surface area contributed by atoms with E-state index >= 15 is 0 Å². The smallest absolute Gasteiger partial charge is 0.0225 e. The second-order valence-corrected chi connectivity index (χ2v) is 3.06. The lowest BCUT2D eigenvalue weighted by Gasteiger charge is -2.03. The maximum absolute atomic E-state index is 2.23. The van der Waals surface area contributed by atoms with Crippen molar-refractivity contribution in [3.8, 4) is 0 Å². The van der Waals surface area contributed by atoms with Crippen LogP contribution in [-0.2, 0) is 6.42 Å². The van der Waals surface area contributed by atoms with Crippen LogP contribution in [0.5, 0.6) is 0 Å². The van der Waals surface area contributed by atoms with Gasteiger partial charge in [0.25, 0.3) is 0 Å². The topological polar surface area (TPSA) is 0 Å². The van der Waals surface area contributed by atoms with Gasteiger partial charge in [-0.1, -0.05) is 42.8 Å². The van der Waals surface area contributed by atoms with E-state index in [1.165, 1.54) is 16.7 Å². The van der Waals surface area contributed by atoms with Gasteiger partial charge in [-0.3, -0.25) is 0 Å². The average molecular weight is 160 g/mol. The third kappa shape index (κ3) is 1.97. The van der Waals surface area contributed by atoms with Crippen LogP contribution in [-0.4, -0.2) is 0 Å². The molecule has 0 nitrogen and oxygen atoms in total. The summed E-state index contributed by atoms with van der Waals surface area (Å²) < 4.78 is 0. The quantitative estimate of drug-likeness (QED) is 0.620. The average Bonchev–Trinajstić information content (AvgIpc) is 2.05. The molecule has 0 radical (unpaired) electrons. The van der Waals surface area contributed by atoms with Crippen LogP contribution in [0.1, 0.15) is 30.5 Å². The van der Waals surface area contributed by atoms with Gasteiger partial charge in [0.15, 0.2) is 0 Å². The Morgan fingerprint density at radius 3 is 2.67 bits per heavy atom. The molecular formula is C12H16. The van der Waals surface area contributed by atoms with Crippen molar-refractivity contribution in [1.29, 1.82) is 0 Å². The van der Waals surface area contributed by atoms with Gasteiger partial charge in [0.1, 0.15) is 0 Å². The molecule has 0 aliphatic carbocycles. The summed E-state index contributed by atoms with van der Waals surface area (Å²) in [5.74, 6) is 0. The summed E-state index contributed by atoms with van der Waals surface area (Å²) >= 11 is 0. The van der Waals surface area contributed by atoms with Crippen molar-refractivity contribution in [1.82, 2.24) is 0 Å². The van der Waals surface area contributed by atoms with Gasteiger partial charge in [-0.2, -0.15) is 0 Å². The van der Waals surface area contributed by atoms with Crippen molar-refractivity contribution in [2.75, 3.05) is 0 Å². The molecule has 1 rings (SSSR count). The minimum absolute atomic E-state index is 1.11. The minimum atomic E-state index is 1.11. The molecule has 1 aromatic rings. The second-order valence-electron chi connectivity index (χ2n) is 3.06. The van der Waals surface area contributed by atoms with Crippen molar-refractivity contribution in [2.24, 2.45) is 0 Å². The van der Waals surface area contributed by atoms with Gasteiger partial charge >= 0.3 is 0 Å².